The van der Waals surface area contributed by atoms with Crippen molar-refractivity contribution in [3.63, 3.8) is 0 Å². The Kier molecular flexibility index (Phi) is 5.74. The Hall–Kier alpha value is -0.510. The van der Waals surface area contributed by atoms with Gasteiger partial charge in [-0.15, -0.1) is 0 Å². The van der Waals surface area contributed by atoms with Gasteiger partial charge in [0, 0.05) is 19.3 Å². The van der Waals surface area contributed by atoms with E-state index in [9.17, 15) is 0 Å². The number of hydrogen-bond donors (Lipinski definition) is 1. The number of anilines is 1. The van der Waals surface area contributed by atoms with E-state index in [2.05, 4.69) is 22.1 Å². The van der Waals surface area contributed by atoms with Gasteiger partial charge in [-0.3, -0.25) is 0 Å². The summed E-state index contributed by atoms with van der Waals surface area (Å²) in [4.78, 5) is 6.69. The zero-order valence-electron chi connectivity index (χ0n) is 11.3. The van der Waals surface area contributed by atoms with Gasteiger partial charge >= 0.3 is 0 Å². The van der Waals surface area contributed by atoms with Crippen LogP contribution in [0.2, 0.25) is 10.0 Å². The standard InChI is InChI=1S/C14H21Cl2N3/c1-2-6-19(10-11-4-3-5-17-8-11)14-13(16)7-12(15)9-18-14/h7,9,11,17H,2-6,8,10H2,1H3. The summed E-state index contributed by atoms with van der Waals surface area (Å²) in [5.41, 5.74) is 0. The summed E-state index contributed by atoms with van der Waals surface area (Å²) in [6.45, 7) is 6.39. The molecule has 3 nitrogen and oxygen atoms in total. The largest absolute Gasteiger partial charge is 0.355 e. The lowest BCUT2D eigenvalue weighted by Crippen LogP contribution is -2.39. The number of piperidine rings is 1. The molecule has 106 valence electrons. The molecule has 0 aromatic carbocycles. The molecule has 0 radical (unpaired) electrons. The summed E-state index contributed by atoms with van der Waals surface area (Å²) in [5.74, 6) is 1.53. The highest BCUT2D eigenvalue weighted by Crippen LogP contribution is 2.27. The summed E-state index contributed by atoms with van der Waals surface area (Å²) in [7, 11) is 0. The van der Waals surface area contributed by atoms with Gasteiger partial charge in [0.2, 0.25) is 0 Å². The molecule has 1 aromatic rings. The Labute approximate surface area is 125 Å². The van der Waals surface area contributed by atoms with Gasteiger partial charge in [0.25, 0.3) is 0 Å². The van der Waals surface area contributed by atoms with Crippen molar-refractivity contribution in [1.29, 1.82) is 0 Å². The Bertz CT molecular complexity index is 406. The molecular formula is C14H21Cl2N3. The van der Waals surface area contributed by atoms with Crippen molar-refractivity contribution in [2.45, 2.75) is 26.2 Å². The van der Waals surface area contributed by atoms with Crippen molar-refractivity contribution in [3.05, 3.63) is 22.3 Å². The fourth-order valence-electron chi connectivity index (χ4n) is 2.59. The molecule has 1 saturated heterocycles. The van der Waals surface area contributed by atoms with Gasteiger partial charge in [-0.25, -0.2) is 4.98 Å². The van der Waals surface area contributed by atoms with E-state index < -0.39 is 0 Å². The minimum absolute atomic E-state index is 0.588. The maximum Gasteiger partial charge on any atom is 0.147 e. The molecule has 1 fully saturated rings. The zero-order chi connectivity index (χ0) is 13.7. The maximum atomic E-state index is 6.27. The van der Waals surface area contributed by atoms with Crippen LogP contribution < -0.4 is 10.2 Å². The molecule has 19 heavy (non-hydrogen) atoms. The first-order valence-electron chi connectivity index (χ1n) is 6.97. The number of pyridine rings is 1. The number of halogens is 2. The van der Waals surface area contributed by atoms with E-state index in [1.165, 1.54) is 12.8 Å². The number of rotatable bonds is 5. The molecule has 0 aliphatic carbocycles. The second-order valence-electron chi connectivity index (χ2n) is 5.12. The Balaban J connectivity index is 2.09. The van der Waals surface area contributed by atoms with Gasteiger partial charge in [-0.1, -0.05) is 30.1 Å². The lowest BCUT2D eigenvalue weighted by Gasteiger charge is -2.31. The molecule has 1 aromatic heterocycles. The first-order valence-corrected chi connectivity index (χ1v) is 7.73. The molecule has 1 aliphatic heterocycles. The first kappa shape index (κ1) is 14.9. The minimum atomic E-state index is 0.588. The fraction of sp³-hybridized carbons (Fsp3) is 0.643. The molecule has 1 N–H and O–H groups in total. The molecule has 0 amide bonds. The highest BCUT2D eigenvalue weighted by molar-refractivity contribution is 6.36. The van der Waals surface area contributed by atoms with Crippen LogP contribution in [0.1, 0.15) is 26.2 Å². The van der Waals surface area contributed by atoms with Crippen LogP contribution in [-0.4, -0.2) is 31.2 Å². The molecule has 2 rings (SSSR count). The Morgan fingerprint density at radius 3 is 2.95 bits per heavy atom. The third kappa shape index (κ3) is 4.23. The molecule has 0 bridgehead atoms. The molecule has 5 heteroatoms. The predicted molar refractivity (Wildman–Crippen MR) is 82.4 cm³/mol. The molecule has 1 atom stereocenters. The average Bonchev–Trinajstić information content (AvgIpc) is 2.39. The number of hydrogen-bond acceptors (Lipinski definition) is 3. The van der Waals surface area contributed by atoms with Gasteiger partial charge < -0.3 is 10.2 Å². The van der Waals surface area contributed by atoms with Crippen LogP contribution in [0.5, 0.6) is 0 Å². The third-order valence-corrected chi connectivity index (χ3v) is 3.94. The van der Waals surface area contributed by atoms with Crippen LogP contribution >= 0.6 is 23.2 Å². The van der Waals surface area contributed by atoms with E-state index in [0.29, 0.717) is 16.0 Å². The van der Waals surface area contributed by atoms with Crippen molar-refractivity contribution in [2.24, 2.45) is 5.92 Å². The molecule has 1 aliphatic rings. The first-order chi connectivity index (χ1) is 9.20. The van der Waals surface area contributed by atoms with Crippen molar-refractivity contribution in [3.8, 4) is 0 Å². The van der Waals surface area contributed by atoms with E-state index in [-0.39, 0.29) is 0 Å². The van der Waals surface area contributed by atoms with Crippen molar-refractivity contribution in [1.82, 2.24) is 10.3 Å². The highest BCUT2D eigenvalue weighted by atomic mass is 35.5. The van der Waals surface area contributed by atoms with E-state index >= 15 is 0 Å². The van der Waals surface area contributed by atoms with Crippen molar-refractivity contribution >= 4 is 29.0 Å². The third-order valence-electron chi connectivity index (χ3n) is 3.46. The predicted octanol–water partition coefficient (Wildman–Crippen LogP) is 3.60. The van der Waals surface area contributed by atoms with Gasteiger partial charge in [0.15, 0.2) is 0 Å². The Morgan fingerprint density at radius 1 is 1.47 bits per heavy atom. The van der Waals surface area contributed by atoms with Crippen molar-refractivity contribution in [2.75, 3.05) is 31.1 Å². The number of nitrogens with zero attached hydrogens (tertiary/aromatic N) is 2. The van der Waals surface area contributed by atoms with Gasteiger partial charge in [-0.2, -0.15) is 0 Å². The second kappa shape index (κ2) is 7.32. The van der Waals surface area contributed by atoms with Gasteiger partial charge in [-0.05, 0) is 44.3 Å². The summed E-state index contributed by atoms with van der Waals surface area (Å²) in [6.07, 6.45) is 5.29. The molecule has 1 unspecified atom stereocenters. The monoisotopic (exact) mass is 301 g/mol. The smallest absolute Gasteiger partial charge is 0.147 e. The van der Waals surface area contributed by atoms with E-state index in [4.69, 9.17) is 23.2 Å². The molecular weight excluding hydrogens is 281 g/mol. The summed E-state index contributed by atoms with van der Waals surface area (Å²) in [5, 5.41) is 4.69. The van der Waals surface area contributed by atoms with E-state index in [0.717, 1.165) is 38.4 Å². The van der Waals surface area contributed by atoms with Crippen LogP contribution in [0, 0.1) is 5.92 Å². The van der Waals surface area contributed by atoms with Crippen LogP contribution in [0.3, 0.4) is 0 Å². The van der Waals surface area contributed by atoms with Crippen LogP contribution in [0.25, 0.3) is 0 Å². The highest BCUT2D eigenvalue weighted by Gasteiger charge is 2.19. The van der Waals surface area contributed by atoms with E-state index in [1.807, 2.05) is 0 Å². The molecule has 0 spiro atoms. The lowest BCUT2D eigenvalue weighted by atomic mass is 9.99. The quantitative estimate of drug-likeness (QED) is 0.900. The van der Waals surface area contributed by atoms with Gasteiger partial charge in [0.05, 0.1) is 10.0 Å². The maximum absolute atomic E-state index is 6.27. The minimum Gasteiger partial charge on any atom is -0.355 e. The summed E-state index contributed by atoms with van der Waals surface area (Å²) in [6, 6.07) is 1.77. The second-order valence-corrected chi connectivity index (χ2v) is 5.96. The average molecular weight is 302 g/mol. The topological polar surface area (TPSA) is 28.2 Å². The van der Waals surface area contributed by atoms with Crippen molar-refractivity contribution < 1.29 is 0 Å². The van der Waals surface area contributed by atoms with Gasteiger partial charge in [0.1, 0.15) is 5.82 Å². The molecule has 2 heterocycles. The number of nitrogens with one attached hydrogen (secondary N) is 1. The Morgan fingerprint density at radius 2 is 2.32 bits per heavy atom. The number of aromatic nitrogens is 1. The van der Waals surface area contributed by atoms with E-state index in [1.54, 1.807) is 12.3 Å². The summed E-state index contributed by atoms with van der Waals surface area (Å²) < 4.78 is 0. The van der Waals surface area contributed by atoms with Crippen LogP contribution in [-0.2, 0) is 0 Å². The fourth-order valence-corrected chi connectivity index (χ4v) is 3.08. The SMILES string of the molecule is CCCN(CC1CCCNC1)c1ncc(Cl)cc1Cl. The molecule has 0 saturated carbocycles. The zero-order valence-corrected chi connectivity index (χ0v) is 12.8. The van der Waals surface area contributed by atoms with Crippen LogP contribution in [0.4, 0.5) is 5.82 Å². The summed E-state index contributed by atoms with van der Waals surface area (Å²) >= 11 is 12.2. The lowest BCUT2D eigenvalue weighted by molar-refractivity contribution is 0.376. The van der Waals surface area contributed by atoms with Crippen LogP contribution in [0.15, 0.2) is 12.3 Å². The normalized spacial score (nSPS) is 19.4.